The monoisotopic (exact) mass is 288 g/mol. The van der Waals surface area contributed by atoms with E-state index in [-0.39, 0.29) is 5.91 Å². The van der Waals surface area contributed by atoms with Gasteiger partial charge < -0.3 is 5.32 Å². The summed E-state index contributed by atoms with van der Waals surface area (Å²) in [6.45, 7) is 0. The van der Waals surface area contributed by atoms with Crippen molar-refractivity contribution in [3.63, 3.8) is 0 Å². The van der Waals surface area contributed by atoms with Crippen LogP contribution in [0, 0.1) is 0 Å². The van der Waals surface area contributed by atoms with E-state index in [1.165, 1.54) is 19.3 Å². The molecule has 1 heterocycles. The van der Waals surface area contributed by atoms with E-state index in [0.29, 0.717) is 16.8 Å². The van der Waals surface area contributed by atoms with Gasteiger partial charge in [-0.3, -0.25) is 4.79 Å². The molecule has 1 N–H and O–H groups in total. The molecule has 0 aliphatic heterocycles. The Labute approximate surface area is 123 Å². The highest BCUT2D eigenvalue weighted by Gasteiger charge is 2.16. The van der Waals surface area contributed by atoms with Crippen LogP contribution in [0.15, 0.2) is 30.3 Å². The van der Waals surface area contributed by atoms with Gasteiger partial charge in [0.25, 0.3) is 5.91 Å². The standard InChI is InChI=1S/C16H17ClN2O/c17-15-9-7-11-10-12(6-8-14(11)19-15)16(20)18-13-4-2-1-3-5-13/h6-10,13H,1-5H2,(H,18,20). The topological polar surface area (TPSA) is 42.0 Å². The van der Waals surface area contributed by atoms with E-state index in [1.54, 1.807) is 6.07 Å². The first kappa shape index (κ1) is 13.4. The summed E-state index contributed by atoms with van der Waals surface area (Å²) in [6.07, 6.45) is 5.90. The molecule has 0 atom stereocenters. The molecule has 0 radical (unpaired) electrons. The summed E-state index contributed by atoms with van der Waals surface area (Å²) >= 11 is 5.86. The van der Waals surface area contributed by atoms with Crippen molar-refractivity contribution in [2.45, 2.75) is 38.1 Å². The van der Waals surface area contributed by atoms with Gasteiger partial charge in [-0.2, -0.15) is 0 Å². The van der Waals surface area contributed by atoms with Crippen LogP contribution in [0.3, 0.4) is 0 Å². The number of fused-ring (bicyclic) bond motifs is 1. The predicted octanol–water partition coefficient (Wildman–Crippen LogP) is 3.95. The van der Waals surface area contributed by atoms with Crippen molar-refractivity contribution in [3.8, 4) is 0 Å². The normalized spacial score (nSPS) is 16.2. The highest BCUT2D eigenvalue weighted by Crippen LogP contribution is 2.20. The second-order valence-corrected chi connectivity index (χ2v) is 5.74. The van der Waals surface area contributed by atoms with Crippen LogP contribution in [0.2, 0.25) is 5.15 Å². The summed E-state index contributed by atoms with van der Waals surface area (Å²) in [7, 11) is 0. The Hall–Kier alpha value is -1.61. The van der Waals surface area contributed by atoms with Crippen LogP contribution in [0.25, 0.3) is 10.9 Å². The van der Waals surface area contributed by atoms with Crippen LogP contribution in [-0.2, 0) is 0 Å². The number of carbonyl (C=O) groups excluding carboxylic acids is 1. The molecule has 20 heavy (non-hydrogen) atoms. The average molecular weight is 289 g/mol. The largest absolute Gasteiger partial charge is 0.349 e. The smallest absolute Gasteiger partial charge is 0.251 e. The molecule has 1 aromatic carbocycles. The minimum atomic E-state index is 0.00810. The number of hydrogen-bond donors (Lipinski definition) is 1. The lowest BCUT2D eigenvalue weighted by atomic mass is 9.95. The summed E-state index contributed by atoms with van der Waals surface area (Å²) < 4.78 is 0. The van der Waals surface area contributed by atoms with Crippen molar-refractivity contribution in [1.29, 1.82) is 0 Å². The summed E-state index contributed by atoms with van der Waals surface area (Å²) in [5.41, 5.74) is 1.50. The van der Waals surface area contributed by atoms with Gasteiger partial charge in [-0.1, -0.05) is 30.9 Å². The Kier molecular flexibility index (Phi) is 3.88. The molecule has 3 nitrogen and oxygen atoms in total. The predicted molar refractivity (Wildman–Crippen MR) is 81.1 cm³/mol. The van der Waals surface area contributed by atoms with E-state index in [9.17, 15) is 4.79 Å². The third-order valence-corrected chi connectivity index (χ3v) is 4.07. The van der Waals surface area contributed by atoms with Gasteiger partial charge in [-0.25, -0.2) is 4.98 Å². The summed E-state index contributed by atoms with van der Waals surface area (Å²) in [6, 6.07) is 9.49. The van der Waals surface area contributed by atoms with Crippen LogP contribution in [0.4, 0.5) is 0 Å². The van der Waals surface area contributed by atoms with Crippen molar-refractivity contribution in [3.05, 3.63) is 41.0 Å². The molecule has 1 saturated carbocycles. The first-order valence-electron chi connectivity index (χ1n) is 7.09. The number of hydrogen-bond acceptors (Lipinski definition) is 2. The number of amides is 1. The lowest BCUT2D eigenvalue weighted by molar-refractivity contribution is 0.0928. The maximum atomic E-state index is 12.3. The average Bonchev–Trinajstić information content (AvgIpc) is 2.47. The third kappa shape index (κ3) is 2.93. The molecule has 4 heteroatoms. The zero-order chi connectivity index (χ0) is 13.9. The molecule has 0 spiro atoms. The Morgan fingerprint density at radius 1 is 1.15 bits per heavy atom. The second kappa shape index (κ2) is 5.80. The summed E-state index contributed by atoms with van der Waals surface area (Å²) in [5.74, 6) is 0.00810. The van der Waals surface area contributed by atoms with Gasteiger partial charge in [-0.15, -0.1) is 0 Å². The molecule has 1 amide bonds. The van der Waals surface area contributed by atoms with E-state index in [1.807, 2.05) is 24.3 Å². The van der Waals surface area contributed by atoms with E-state index in [2.05, 4.69) is 10.3 Å². The van der Waals surface area contributed by atoms with Gasteiger partial charge >= 0.3 is 0 Å². The fraction of sp³-hybridized carbons (Fsp3) is 0.375. The molecule has 2 aromatic rings. The molecule has 1 aliphatic carbocycles. The minimum Gasteiger partial charge on any atom is -0.349 e. The van der Waals surface area contributed by atoms with E-state index in [0.717, 1.165) is 23.7 Å². The first-order valence-corrected chi connectivity index (χ1v) is 7.47. The fourth-order valence-electron chi connectivity index (χ4n) is 2.76. The molecule has 0 unspecified atom stereocenters. The maximum absolute atomic E-state index is 12.3. The van der Waals surface area contributed by atoms with Gasteiger partial charge in [0, 0.05) is 17.0 Å². The summed E-state index contributed by atoms with van der Waals surface area (Å²) in [5, 5.41) is 4.53. The number of carbonyl (C=O) groups is 1. The lowest BCUT2D eigenvalue weighted by Crippen LogP contribution is -2.36. The van der Waals surface area contributed by atoms with Crippen LogP contribution in [0.1, 0.15) is 42.5 Å². The maximum Gasteiger partial charge on any atom is 0.251 e. The SMILES string of the molecule is O=C(NC1CCCCC1)c1ccc2nc(Cl)ccc2c1. The molecule has 104 valence electrons. The van der Waals surface area contributed by atoms with Crippen LogP contribution in [0.5, 0.6) is 0 Å². The summed E-state index contributed by atoms with van der Waals surface area (Å²) in [4.78, 5) is 16.5. The highest BCUT2D eigenvalue weighted by molar-refractivity contribution is 6.29. The molecule has 1 fully saturated rings. The molecule has 0 bridgehead atoms. The number of benzene rings is 1. The Bertz CT molecular complexity index is 635. The molecular formula is C16H17ClN2O. The number of nitrogens with one attached hydrogen (secondary N) is 1. The Morgan fingerprint density at radius 2 is 1.95 bits per heavy atom. The lowest BCUT2D eigenvalue weighted by Gasteiger charge is -2.22. The van der Waals surface area contributed by atoms with Crippen molar-refractivity contribution in [1.82, 2.24) is 10.3 Å². The molecule has 3 rings (SSSR count). The highest BCUT2D eigenvalue weighted by atomic mass is 35.5. The van der Waals surface area contributed by atoms with Crippen LogP contribution < -0.4 is 5.32 Å². The number of halogens is 1. The number of nitrogens with zero attached hydrogens (tertiary/aromatic N) is 1. The minimum absolute atomic E-state index is 0.00810. The first-order chi connectivity index (χ1) is 9.72. The van der Waals surface area contributed by atoms with Crippen molar-refractivity contribution < 1.29 is 4.79 Å². The van der Waals surface area contributed by atoms with Crippen molar-refractivity contribution >= 4 is 28.4 Å². The molecule has 0 saturated heterocycles. The van der Waals surface area contributed by atoms with Crippen LogP contribution in [-0.4, -0.2) is 16.9 Å². The van der Waals surface area contributed by atoms with Gasteiger partial charge in [0.05, 0.1) is 5.52 Å². The number of rotatable bonds is 2. The third-order valence-electron chi connectivity index (χ3n) is 3.86. The molecule has 1 aliphatic rings. The number of aromatic nitrogens is 1. The molecule has 1 aromatic heterocycles. The Balaban J connectivity index is 1.78. The number of pyridine rings is 1. The van der Waals surface area contributed by atoms with Gasteiger partial charge in [-0.05, 0) is 43.2 Å². The van der Waals surface area contributed by atoms with E-state index < -0.39 is 0 Å². The Morgan fingerprint density at radius 3 is 2.75 bits per heavy atom. The van der Waals surface area contributed by atoms with E-state index in [4.69, 9.17) is 11.6 Å². The fourth-order valence-corrected chi connectivity index (χ4v) is 2.91. The van der Waals surface area contributed by atoms with Gasteiger partial charge in [0.1, 0.15) is 5.15 Å². The quantitative estimate of drug-likeness (QED) is 0.850. The van der Waals surface area contributed by atoms with Crippen molar-refractivity contribution in [2.75, 3.05) is 0 Å². The van der Waals surface area contributed by atoms with Gasteiger partial charge in [0.15, 0.2) is 0 Å². The van der Waals surface area contributed by atoms with E-state index >= 15 is 0 Å². The zero-order valence-electron chi connectivity index (χ0n) is 11.2. The van der Waals surface area contributed by atoms with Crippen LogP contribution >= 0.6 is 11.6 Å². The molecular weight excluding hydrogens is 272 g/mol. The van der Waals surface area contributed by atoms with Crippen molar-refractivity contribution in [2.24, 2.45) is 0 Å². The van der Waals surface area contributed by atoms with Gasteiger partial charge in [0.2, 0.25) is 0 Å². The second-order valence-electron chi connectivity index (χ2n) is 5.35. The zero-order valence-corrected chi connectivity index (χ0v) is 12.0.